The first-order valence-electron chi connectivity index (χ1n) is 9.41. The van der Waals surface area contributed by atoms with Crippen LogP contribution in [0.1, 0.15) is 25.8 Å². The van der Waals surface area contributed by atoms with Crippen molar-refractivity contribution in [3.8, 4) is 0 Å². The lowest BCUT2D eigenvalue weighted by Crippen LogP contribution is -2.30. The predicted octanol–water partition coefficient (Wildman–Crippen LogP) is 3.54. The van der Waals surface area contributed by atoms with E-state index in [1.54, 1.807) is 18.2 Å². The van der Waals surface area contributed by atoms with Crippen molar-refractivity contribution in [2.24, 2.45) is 5.14 Å². The van der Waals surface area contributed by atoms with E-state index < -0.39 is 10.0 Å². The molecule has 0 saturated heterocycles. The molecule has 0 saturated carbocycles. The van der Waals surface area contributed by atoms with Gasteiger partial charge in [0.1, 0.15) is 0 Å². The topological polar surface area (TPSA) is 107 Å². The van der Waals surface area contributed by atoms with E-state index in [4.69, 9.17) is 16.7 Å². The van der Waals surface area contributed by atoms with Crippen LogP contribution in [0.4, 0.5) is 0 Å². The molecule has 1 amide bonds. The summed E-state index contributed by atoms with van der Waals surface area (Å²) in [6.07, 6.45) is 0.868. The number of carbonyl (C=O) groups excluding carboxylic acids is 1. The van der Waals surface area contributed by atoms with Crippen molar-refractivity contribution in [3.05, 3.63) is 53.1 Å². The molecule has 0 aliphatic rings. The van der Waals surface area contributed by atoms with Gasteiger partial charge in [0.25, 0.3) is 0 Å². The summed E-state index contributed by atoms with van der Waals surface area (Å²) in [5, 5.41) is 9.07. The van der Waals surface area contributed by atoms with E-state index >= 15 is 0 Å². The van der Waals surface area contributed by atoms with Crippen LogP contribution in [0, 0.1) is 0 Å². The van der Waals surface area contributed by atoms with Crippen molar-refractivity contribution >= 4 is 50.3 Å². The Morgan fingerprint density at radius 3 is 2.60 bits per heavy atom. The summed E-state index contributed by atoms with van der Waals surface area (Å²) < 4.78 is 25.3. The molecule has 7 nitrogen and oxygen atoms in total. The average Bonchev–Trinajstić information content (AvgIpc) is 3.03. The molecule has 1 heterocycles. The Kier molecular flexibility index (Phi) is 7.07. The highest BCUT2D eigenvalue weighted by molar-refractivity contribution is 8.00. The number of aryl methyl sites for hydroxylation is 1. The molecule has 160 valence electrons. The number of imidazole rings is 1. The maximum absolute atomic E-state index is 12.6. The Morgan fingerprint density at radius 2 is 1.97 bits per heavy atom. The lowest BCUT2D eigenvalue weighted by molar-refractivity contribution is -0.120. The van der Waals surface area contributed by atoms with Crippen molar-refractivity contribution in [1.29, 1.82) is 0 Å². The summed E-state index contributed by atoms with van der Waals surface area (Å²) in [7, 11) is -3.81. The van der Waals surface area contributed by atoms with Gasteiger partial charge in [-0.15, -0.1) is 0 Å². The van der Waals surface area contributed by atoms with Gasteiger partial charge in [0, 0.05) is 18.1 Å². The number of nitrogens with one attached hydrogen (secondary N) is 1. The Morgan fingerprint density at radius 1 is 1.27 bits per heavy atom. The van der Waals surface area contributed by atoms with Crippen LogP contribution in [-0.4, -0.2) is 29.1 Å². The molecule has 2 aromatic carbocycles. The van der Waals surface area contributed by atoms with Crippen molar-refractivity contribution in [2.45, 2.75) is 48.7 Å². The van der Waals surface area contributed by atoms with Gasteiger partial charge in [0.05, 0.1) is 21.2 Å². The van der Waals surface area contributed by atoms with Crippen LogP contribution in [0.3, 0.4) is 0 Å². The Hall–Kier alpha value is -2.07. The maximum Gasteiger partial charge on any atom is 0.238 e. The zero-order chi connectivity index (χ0) is 21.9. The number of carbonyl (C=O) groups is 1. The minimum absolute atomic E-state index is 0.0152. The summed E-state index contributed by atoms with van der Waals surface area (Å²) in [6, 6.07) is 11.9. The molecule has 30 heavy (non-hydrogen) atoms. The van der Waals surface area contributed by atoms with E-state index in [9.17, 15) is 13.2 Å². The minimum Gasteiger partial charge on any atom is -0.351 e. The van der Waals surface area contributed by atoms with Crippen molar-refractivity contribution in [1.82, 2.24) is 14.9 Å². The lowest BCUT2D eigenvalue weighted by Gasteiger charge is -2.13. The fourth-order valence-electron chi connectivity index (χ4n) is 2.94. The van der Waals surface area contributed by atoms with Crippen LogP contribution in [0.25, 0.3) is 11.0 Å². The number of primary sulfonamides is 1. The Bertz CT molecular complexity index is 1160. The average molecular weight is 467 g/mol. The molecule has 1 atom stereocenters. The third kappa shape index (κ3) is 5.34. The minimum atomic E-state index is -3.81. The first-order chi connectivity index (χ1) is 14.2. The van der Waals surface area contributed by atoms with E-state index in [1.165, 1.54) is 23.9 Å². The van der Waals surface area contributed by atoms with E-state index in [2.05, 4.69) is 10.3 Å². The highest BCUT2D eigenvalue weighted by Crippen LogP contribution is 2.29. The van der Waals surface area contributed by atoms with Gasteiger partial charge in [0.15, 0.2) is 5.16 Å². The van der Waals surface area contributed by atoms with E-state index in [0.717, 1.165) is 17.5 Å². The maximum atomic E-state index is 12.6. The number of nitrogens with two attached hydrogens (primary N) is 1. The standard InChI is InChI=1S/C20H23ClN4O3S2/c1-3-10-25-18-9-8-16(30(22,27)28)11-17(18)24-20(25)29-13(2)19(26)23-12-14-4-6-15(21)7-5-14/h4-9,11,13H,3,10,12H2,1-2H3,(H,23,26)(H2,22,27,28). The van der Waals surface area contributed by atoms with E-state index in [0.29, 0.717) is 28.8 Å². The van der Waals surface area contributed by atoms with Gasteiger partial charge in [-0.25, -0.2) is 18.5 Å². The number of fused-ring (bicyclic) bond motifs is 1. The number of hydrogen-bond donors (Lipinski definition) is 2. The molecule has 0 bridgehead atoms. The normalized spacial score (nSPS) is 12.8. The second-order valence-corrected chi connectivity index (χ2v) is 10.2. The van der Waals surface area contributed by atoms with Gasteiger partial charge >= 0.3 is 0 Å². The molecule has 0 fully saturated rings. The number of amides is 1. The summed E-state index contributed by atoms with van der Waals surface area (Å²) in [6.45, 7) is 4.96. The number of rotatable bonds is 8. The summed E-state index contributed by atoms with van der Waals surface area (Å²) in [4.78, 5) is 17.1. The molecule has 1 unspecified atom stereocenters. The van der Waals surface area contributed by atoms with Gasteiger partial charge in [-0.1, -0.05) is 42.4 Å². The van der Waals surface area contributed by atoms with Gasteiger partial charge in [-0.05, 0) is 49.2 Å². The molecule has 1 aromatic heterocycles. The van der Waals surface area contributed by atoms with E-state index in [1.807, 2.05) is 30.5 Å². The van der Waals surface area contributed by atoms with Crippen LogP contribution < -0.4 is 10.5 Å². The van der Waals surface area contributed by atoms with Gasteiger partial charge in [0.2, 0.25) is 15.9 Å². The summed E-state index contributed by atoms with van der Waals surface area (Å²) in [5.74, 6) is -0.115. The van der Waals surface area contributed by atoms with Crippen molar-refractivity contribution < 1.29 is 13.2 Å². The lowest BCUT2D eigenvalue weighted by atomic mass is 10.2. The van der Waals surface area contributed by atoms with Crippen LogP contribution >= 0.6 is 23.4 Å². The van der Waals surface area contributed by atoms with E-state index in [-0.39, 0.29) is 16.1 Å². The van der Waals surface area contributed by atoms with Gasteiger partial charge in [-0.3, -0.25) is 4.79 Å². The molecule has 10 heteroatoms. The van der Waals surface area contributed by atoms with Crippen molar-refractivity contribution in [2.75, 3.05) is 0 Å². The molecule has 3 N–H and O–H groups in total. The molecular formula is C20H23ClN4O3S2. The molecule has 0 spiro atoms. The highest BCUT2D eigenvalue weighted by atomic mass is 35.5. The van der Waals surface area contributed by atoms with Crippen LogP contribution in [0.2, 0.25) is 5.02 Å². The summed E-state index contributed by atoms with van der Waals surface area (Å²) >= 11 is 7.22. The monoisotopic (exact) mass is 466 g/mol. The second kappa shape index (κ2) is 9.38. The number of hydrogen-bond acceptors (Lipinski definition) is 5. The molecule has 3 rings (SSSR count). The third-order valence-electron chi connectivity index (χ3n) is 4.49. The summed E-state index contributed by atoms with van der Waals surface area (Å²) in [5.41, 5.74) is 2.30. The SMILES string of the molecule is CCCn1c(SC(C)C(=O)NCc2ccc(Cl)cc2)nc2cc(S(N)(=O)=O)ccc21. The zero-order valence-corrected chi connectivity index (χ0v) is 19.0. The first kappa shape index (κ1) is 22.6. The Labute approximate surface area is 185 Å². The predicted molar refractivity (Wildman–Crippen MR) is 120 cm³/mol. The fourth-order valence-corrected chi connectivity index (χ4v) is 4.58. The van der Waals surface area contributed by atoms with Crippen LogP contribution in [0.15, 0.2) is 52.5 Å². The molecule has 0 aliphatic heterocycles. The zero-order valence-electron chi connectivity index (χ0n) is 16.6. The number of sulfonamides is 1. The highest BCUT2D eigenvalue weighted by Gasteiger charge is 2.20. The first-order valence-corrected chi connectivity index (χ1v) is 12.2. The quantitative estimate of drug-likeness (QED) is 0.493. The molecule has 0 radical (unpaired) electrons. The third-order valence-corrected chi connectivity index (χ3v) is 6.74. The largest absolute Gasteiger partial charge is 0.351 e. The fraction of sp³-hybridized carbons (Fsp3) is 0.300. The van der Waals surface area contributed by atoms with Crippen LogP contribution in [-0.2, 0) is 27.9 Å². The number of benzene rings is 2. The Balaban J connectivity index is 1.78. The van der Waals surface area contributed by atoms with Crippen molar-refractivity contribution in [3.63, 3.8) is 0 Å². The van der Waals surface area contributed by atoms with Gasteiger partial charge in [-0.2, -0.15) is 0 Å². The molecular weight excluding hydrogens is 444 g/mol. The van der Waals surface area contributed by atoms with Gasteiger partial charge < -0.3 is 9.88 Å². The number of thioether (sulfide) groups is 1. The molecule has 3 aromatic rings. The number of aromatic nitrogens is 2. The molecule has 0 aliphatic carbocycles. The second-order valence-electron chi connectivity index (χ2n) is 6.85. The number of halogens is 1. The van der Waals surface area contributed by atoms with Crippen LogP contribution in [0.5, 0.6) is 0 Å². The number of nitrogens with zero attached hydrogens (tertiary/aromatic N) is 2. The smallest absolute Gasteiger partial charge is 0.238 e.